The molecule has 1 atom stereocenters. The largest absolute Gasteiger partial charge is 0.433 e. The maximum absolute atomic E-state index is 11.5. The molecule has 0 saturated heterocycles. The molecule has 72 valence electrons. The Balaban J connectivity index is 3.92. The fraction of sp³-hybridized carbons (Fsp3) is 0.600. The van der Waals surface area contributed by atoms with Gasteiger partial charge in [0.2, 0.25) is 0 Å². The number of rotatable bonds is 4. The molecule has 0 aromatic carbocycles. The summed E-state index contributed by atoms with van der Waals surface area (Å²) in [6.45, 7) is 2.38. The highest BCUT2D eigenvalue weighted by molar-refractivity contribution is 7.53. The van der Waals surface area contributed by atoms with E-state index in [0.29, 0.717) is 0 Å². The van der Waals surface area contributed by atoms with Crippen LogP contribution >= 0.6 is 7.60 Å². The van der Waals surface area contributed by atoms with Gasteiger partial charge in [-0.1, -0.05) is 6.58 Å². The van der Waals surface area contributed by atoms with Crippen molar-refractivity contribution in [1.82, 2.24) is 0 Å². The van der Waals surface area contributed by atoms with E-state index in [4.69, 9.17) is 0 Å². The number of hydrogen-bond acceptors (Lipinski definition) is 3. The van der Waals surface area contributed by atoms with Crippen LogP contribution in [0.15, 0.2) is 12.8 Å². The van der Waals surface area contributed by atoms with Crippen molar-refractivity contribution < 1.29 is 26.8 Å². The molecule has 0 N–H and O–H groups in total. The zero-order valence-electron chi connectivity index (χ0n) is 6.30. The molecule has 0 radical (unpaired) electrons. The summed E-state index contributed by atoms with van der Waals surface area (Å²) in [5, 5.41) is 0. The van der Waals surface area contributed by atoms with Crippen molar-refractivity contribution in [2.45, 2.75) is 6.18 Å². The summed E-state index contributed by atoms with van der Waals surface area (Å²) in [5.41, 5.74) is 0. The highest BCUT2D eigenvalue weighted by Crippen LogP contribution is 2.45. The Morgan fingerprint density at radius 3 is 2.42 bits per heavy atom. The second kappa shape index (κ2) is 3.96. The Morgan fingerprint density at radius 1 is 1.58 bits per heavy atom. The number of alkyl halides is 3. The molecule has 0 bridgehead atoms. The van der Waals surface area contributed by atoms with Crippen molar-refractivity contribution in [1.29, 1.82) is 0 Å². The number of halogens is 3. The van der Waals surface area contributed by atoms with Crippen molar-refractivity contribution in [2.24, 2.45) is 0 Å². The summed E-state index contributed by atoms with van der Waals surface area (Å²) in [4.78, 5) is 0. The van der Waals surface area contributed by atoms with Gasteiger partial charge in [0.25, 0.3) is 0 Å². The highest BCUT2D eigenvalue weighted by atomic mass is 31.2. The van der Waals surface area contributed by atoms with Crippen molar-refractivity contribution in [3.05, 3.63) is 12.8 Å². The van der Waals surface area contributed by atoms with Crippen LogP contribution in [-0.2, 0) is 13.6 Å². The van der Waals surface area contributed by atoms with E-state index in [1.807, 2.05) is 0 Å². The van der Waals surface area contributed by atoms with Gasteiger partial charge >= 0.3 is 13.8 Å². The Bertz CT molecular complexity index is 201. The Morgan fingerprint density at radius 2 is 2.08 bits per heavy atom. The molecule has 0 heterocycles. The van der Waals surface area contributed by atoms with Crippen LogP contribution in [0.25, 0.3) is 0 Å². The summed E-state index contributed by atoms with van der Waals surface area (Å²) in [5.74, 6) is 0. The molecular formula is C5H8F3O3P. The first-order valence-corrected chi connectivity index (χ1v) is 4.84. The third-order valence-corrected chi connectivity index (χ3v) is 1.86. The van der Waals surface area contributed by atoms with Gasteiger partial charge in [-0.05, 0) is 0 Å². The van der Waals surface area contributed by atoms with Gasteiger partial charge in [0.05, 0.1) is 6.26 Å². The average molecular weight is 204 g/mol. The van der Waals surface area contributed by atoms with E-state index in [0.717, 1.165) is 12.9 Å². The van der Waals surface area contributed by atoms with Crippen molar-refractivity contribution in [3.8, 4) is 0 Å². The van der Waals surface area contributed by atoms with E-state index in [1.165, 1.54) is 0 Å². The molecule has 12 heavy (non-hydrogen) atoms. The molecule has 1 unspecified atom stereocenters. The molecule has 0 aliphatic heterocycles. The minimum atomic E-state index is -4.50. The molecule has 0 aromatic heterocycles. The highest BCUT2D eigenvalue weighted by Gasteiger charge is 2.32. The molecule has 3 nitrogen and oxygen atoms in total. The lowest BCUT2D eigenvalue weighted by atomic mass is 10.7. The van der Waals surface area contributed by atoms with Crippen molar-refractivity contribution in [2.75, 3.05) is 13.3 Å². The van der Waals surface area contributed by atoms with Gasteiger partial charge in [-0.25, -0.2) is 4.57 Å². The molecule has 0 aliphatic carbocycles. The smallest absolute Gasteiger partial charge is 0.412 e. The minimum Gasteiger partial charge on any atom is -0.433 e. The Kier molecular flexibility index (Phi) is 3.80. The van der Waals surface area contributed by atoms with Gasteiger partial charge < -0.3 is 4.52 Å². The summed E-state index contributed by atoms with van der Waals surface area (Å²) < 4.78 is 53.5. The SMILES string of the molecule is C=COP(C)(=O)OCC(F)(F)F. The van der Waals surface area contributed by atoms with Crippen molar-refractivity contribution >= 4 is 7.60 Å². The third kappa shape index (κ3) is 6.24. The maximum Gasteiger partial charge on any atom is 0.412 e. The first kappa shape index (κ1) is 11.5. The normalized spacial score (nSPS) is 16.7. The Labute approximate surface area is 67.7 Å². The van der Waals surface area contributed by atoms with E-state index >= 15 is 0 Å². The first-order valence-electron chi connectivity index (χ1n) is 2.85. The zero-order valence-corrected chi connectivity index (χ0v) is 7.19. The lowest BCUT2D eigenvalue weighted by Crippen LogP contribution is -2.15. The predicted molar refractivity (Wildman–Crippen MR) is 36.8 cm³/mol. The minimum absolute atomic E-state index is 0.775. The molecule has 0 amide bonds. The zero-order chi connectivity index (χ0) is 9.83. The van der Waals surface area contributed by atoms with E-state index in [2.05, 4.69) is 15.6 Å². The Hall–Kier alpha value is -0.480. The topological polar surface area (TPSA) is 35.5 Å². The van der Waals surface area contributed by atoms with Crippen LogP contribution in [0, 0.1) is 0 Å². The summed E-state index contributed by atoms with van der Waals surface area (Å²) in [6.07, 6.45) is -3.73. The predicted octanol–water partition coefficient (Wildman–Crippen LogP) is 2.55. The van der Waals surface area contributed by atoms with Crippen LogP contribution in [0.5, 0.6) is 0 Å². The summed E-state index contributed by atoms with van der Waals surface area (Å²) >= 11 is 0. The molecule has 0 spiro atoms. The van der Waals surface area contributed by atoms with Gasteiger partial charge in [0, 0.05) is 6.66 Å². The molecule has 0 aliphatic rings. The molecule has 0 rings (SSSR count). The fourth-order valence-electron chi connectivity index (χ4n) is 0.356. The second-order valence-electron chi connectivity index (χ2n) is 1.93. The summed E-state index contributed by atoms with van der Waals surface area (Å²) in [6, 6.07) is 0. The summed E-state index contributed by atoms with van der Waals surface area (Å²) in [7, 11) is -3.63. The van der Waals surface area contributed by atoms with Crippen LogP contribution < -0.4 is 0 Å². The van der Waals surface area contributed by atoms with Gasteiger partial charge in [-0.15, -0.1) is 0 Å². The maximum atomic E-state index is 11.5. The monoisotopic (exact) mass is 204 g/mol. The molecule has 0 saturated carbocycles. The lowest BCUT2D eigenvalue weighted by Gasteiger charge is -2.13. The van der Waals surface area contributed by atoms with E-state index in [-0.39, 0.29) is 0 Å². The van der Waals surface area contributed by atoms with Crippen molar-refractivity contribution in [3.63, 3.8) is 0 Å². The van der Waals surface area contributed by atoms with E-state index < -0.39 is 20.4 Å². The fourth-order valence-corrected chi connectivity index (χ4v) is 1.07. The second-order valence-corrected chi connectivity index (χ2v) is 3.94. The third-order valence-electron chi connectivity index (χ3n) is 0.729. The molecule has 0 aromatic rings. The van der Waals surface area contributed by atoms with Gasteiger partial charge in [-0.3, -0.25) is 4.52 Å². The lowest BCUT2D eigenvalue weighted by molar-refractivity contribution is -0.154. The standard InChI is InChI=1S/C5H8F3O3P/c1-3-10-12(2,9)11-4-5(6,7)8/h3H,1,4H2,2H3. The van der Waals surface area contributed by atoms with Crippen LogP contribution in [0.4, 0.5) is 13.2 Å². The van der Waals surface area contributed by atoms with Gasteiger partial charge in [0.15, 0.2) is 6.61 Å². The van der Waals surface area contributed by atoms with Crippen LogP contribution in [0.2, 0.25) is 0 Å². The van der Waals surface area contributed by atoms with Crippen LogP contribution in [0.1, 0.15) is 0 Å². The molecule has 0 fully saturated rings. The average Bonchev–Trinajstić information content (AvgIpc) is 1.83. The van der Waals surface area contributed by atoms with Crippen LogP contribution in [0.3, 0.4) is 0 Å². The molecule has 7 heteroatoms. The van der Waals surface area contributed by atoms with Crippen LogP contribution in [-0.4, -0.2) is 19.4 Å². The van der Waals surface area contributed by atoms with Gasteiger partial charge in [-0.2, -0.15) is 13.2 Å². The first-order chi connectivity index (χ1) is 5.27. The van der Waals surface area contributed by atoms with E-state index in [9.17, 15) is 17.7 Å². The van der Waals surface area contributed by atoms with E-state index in [1.54, 1.807) is 0 Å². The quantitative estimate of drug-likeness (QED) is 0.521. The van der Waals surface area contributed by atoms with Gasteiger partial charge in [0.1, 0.15) is 0 Å². The number of hydrogen-bond donors (Lipinski definition) is 0. The molecular weight excluding hydrogens is 196 g/mol.